The van der Waals surface area contributed by atoms with E-state index < -0.39 is 51.6 Å². The van der Waals surface area contributed by atoms with E-state index in [0.29, 0.717) is 38.2 Å². The Morgan fingerprint density at radius 3 is 1.74 bits per heavy atom. The molecule has 0 aliphatic heterocycles. The summed E-state index contributed by atoms with van der Waals surface area (Å²) in [5.41, 5.74) is -0.631. The minimum atomic E-state index is -4.64. The molecule has 7 aromatic heterocycles. The van der Waals surface area contributed by atoms with Crippen molar-refractivity contribution in [2.24, 2.45) is 0 Å². The number of hydrogen-bond acceptors (Lipinski definition) is 12. The van der Waals surface area contributed by atoms with Crippen LogP contribution in [0.3, 0.4) is 0 Å². The van der Waals surface area contributed by atoms with E-state index in [1.807, 2.05) is 0 Å². The molecule has 14 nitrogen and oxygen atoms in total. The lowest BCUT2D eigenvalue weighted by atomic mass is 10.0. The summed E-state index contributed by atoms with van der Waals surface area (Å²) in [6.45, 7) is 0. The van der Waals surface area contributed by atoms with E-state index in [9.17, 15) is 53.9 Å². The van der Waals surface area contributed by atoms with E-state index >= 15 is 0 Å². The van der Waals surface area contributed by atoms with Gasteiger partial charge in [0.1, 0.15) is 33.6 Å². The second kappa shape index (κ2) is 21.1. The van der Waals surface area contributed by atoms with Crippen LogP contribution >= 0.6 is 11.8 Å². The minimum absolute atomic E-state index is 0.0203. The van der Waals surface area contributed by atoms with Gasteiger partial charge in [0.15, 0.2) is 10.9 Å². The lowest BCUT2D eigenvalue weighted by Gasteiger charge is -2.14. The Morgan fingerprint density at radius 1 is 0.464 bits per heavy atom. The molecule has 0 amide bonds. The van der Waals surface area contributed by atoms with Crippen LogP contribution < -0.4 is 25.9 Å². The van der Waals surface area contributed by atoms with Crippen molar-refractivity contribution >= 4 is 44.6 Å². The lowest BCUT2D eigenvalue weighted by molar-refractivity contribution is -0.138. The van der Waals surface area contributed by atoms with Crippen molar-refractivity contribution in [1.29, 1.82) is 0 Å². The van der Waals surface area contributed by atoms with Crippen LogP contribution in [0.4, 0.5) is 39.5 Å². The number of rotatable bonds is 11. The maximum absolute atomic E-state index is 14.0. The van der Waals surface area contributed by atoms with E-state index in [2.05, 4.69) is 34.9 Å². The molecule has 0 aliphatic carbocycles. The SMILES string of the molecule is O=c1cc(-c2cnc(Oc3ccc(C(F)(F)F)cc3)c(-c3ccc4c(=O)cc(-c5cnc(Sc6ccc(C(F)(F)F)cc6)c(-c6ccc7c(=O)nc[nH]c7c6)n5)[nH]c4n3)c2)[nH]c2cc(-c3cccnc3Oc3ccc(C(F)(F)F)cc3)ccc12. The molecule has 5 aromatic carbocycles. The zero-order chi connectivity index (χ0) is 58.7. The van der Waals surface area contributed by atoms with Crippen LogP contribution in [0.1, 0.15) is 16.7 Å². The zero-order valence-electron chi connectivity index (χ0n) is 42.3. The molecule has 0 radical (unpaired) electrons. The van der Waals surface area contributed by atoms with Crippen LogP contribution in [0, 0.1) is 0 Å². The molecule has 0 spiro atoms. The number of aromatic amines is 3. The molecule has 0 atom stereocenters. The number of benzene rings is 5. The maximum Gasteiger partial charge on any atom is 0.416 e. The highest BCUT2D eigenvalue weighted by molar-refractivity contribution is 7.99. The van der Waals surface area contributed by atoms with Gasteiger partial charge in [0, 0.05) is 51.5 Å². The molecule has 84 heavy (non-hydrogen) atoms. The van der Waals surface area contributed by atoms with E-state index in [1.54, 1.807) is 48.5 Å². The average Bonchev–Trinajstić information content (AvgIpc) is 3.49. The highest BCUT2D eigenvalue weighted by Gasteiger charge is 2.32. The zero-order valence-corrected chi connectivity index (χ0v) is 43.1. The van der Waals surface area contributed by atoms with Crippen LogP contribution in [0.25, 0.3) is 89.1 Å². The van der Waals surface area contributed by atoms with Crippen molar-refractivity contribution in [3.05, 3.63) is 224 Å². The third-order valence-electron chi connectivity index (χ3n) is 13.2. The fourth-order valence-corrected chi connectivity index (χ4v) is 9.88. The highest BCUT2D eigenvalue weighted by atomic mass is 32.2. The number of ether oxygens (including phenoxy) is 2. The van der Waals surface area contributed by atoms with Gasteiger partial charge in [0.25, 0.3) is 5.56 Å². The summed E-state index contributed by atoms with van der Waals surface area (Å²) in [4.78, 5) is 77.2. The van der Waals surface area contributed by atoms with Crippen molar-refractivity contribution in [1.82, 2.24) is 44.9 Å². The number of H-pyrrole nitrogens is 3. The third kappa shape index (κ3) is 11.0. The van der Waals surface area contributed by atoms with Crippen LogP contribution in [0.2, 0.25) is 0 Å². The second-order valence-electron chi connectivity index (χ2n) is 18.6. The van der Waals surface area contributed by atoms with E-state index in [1.165, 1.54) is 79.5 Å². The largest absolute Gasteiger partial charge is 0.438 e. The van der Waals surface area contributed by atoms with Gasteiger partial charge >= 0.3 is 18.5 Å². The average molecular weight is 1160 g/mol. The van der Waals surface area contributed by atoms with Gasteiger partial charge in [0.05, 0.1) is 73.7 Å². The molecule has 0 aliphatic rings. The number of hydrogen-bond donors (Lipinski definition) is 3. The quantitative estimate of drug-likeness (QED) is 0.104. The van der Waals surface area contributed by atoms with E-state index in [0.717, 1.165) is 60.3 Å². The predicted octanol–water partition coefficient (Wildman–Crippen LogP) is 14.7. The Labute approximate surface area is 468 Å². The Balaban J connectivity index is 0.940. The monoisotopic (exact) mass is 1160 g/mol. The molecule has 12 aromatic rings. The van der Waals surface area contributed by atoms with Gasteiger partial charge in [-0.25, -0.2) is 24.9 Å². The number of fused-ring (bicyclic) bond motifs is 3. The Morgan fingerprint density at radius 2 is 1.06 bits per heavy atom. The first-order chi connectivity index (χ1) is 40.2. The fourth-order valence-electron chi connectivity index (χ4n) is 9.01. The first-order valence-corrected chi connectivity index (χ1v) is 25.6. The molecular formula is C60H32F9N9O5S. The molecular weight excluding hydrogens is 1130 g/mol. The molecule has 0 saturated heterocycles. The number of pyridine rings is 5. The molecule has 12 rings (SSSR count). The first kappa shape index (κ1) is 54.1. The molecule has 7 heterocycles. The van der Waals surface area contributed by atoms with Crippen LogP contribution in [0.15, 0.2) is 201 Å². The van der Waals surface area contributed by atoms with Gasteiger partial charge in [-0.15, -0.1) is 0 Å². The molecule has 0 bridgehead atoms. The van der Waals surface area contributed by atoms with Gasteiger partial charge in [-0.1, -0.05) is 23.9 Å². The summed E-state index contributed by atoms with van der Waals surface area (Å²) < 4.78 is 133. The minimum Gasteiger partial charge on any atom is -0.438 e. The standard InChI is InChI=1S/C60H32F9N9O5S/c61-58(62,63)33-5-11-36(12-6-33)82-55-39(2-1-21-70-55)30-3-17-40-47(23-30)75-45(25-50(40)79)32-22-43(56(71-27-32)83-37-13-7-34(8-14-37)59(64,65)66)44-20-19-42-51(80)26-48(78-53(42)77-44)49-28-72-57(84-38-15-9-35(10-16-38)60(67,68)69)52(76-49)31-4-18-41-46(24-31)73-29-74-54(41)81/h1-29H,(H,75,79)(H,73,74,81)(H,77,78,80). The lowest BCUT2D eigenvalue weighted by Crippen LogP contribution is -2.07. The second-order valence-corrected chi connectivity index (χ2v) is 19.7. The molecule has 0 unspecified atom stereocenters. The normalized spacial score (nSPS) is 12.1. The van der Waals surface area contributed by atoms with Gasteiger partial charge in [-0.3, -0.25) is 14.4 Å². The summed E-state index contributed by atoms with van der Waals surface area (Å²) in [7, 11) is 0. The van der Waals surface area contributed by atoms with Gasteiger partial charge in [0.2, 0.25) is 11.8 Å². The maximum atomic E-state index is 14.0. The molecule has 0 fully saturated rings. The molecule has 24 heteroatoms. The van der Waals surface area contributed by atoms with Crippen molar-refractivity contribution in [2.45, 2.75) is 28.5 Å². The Kier molecular flexibility index (Phi) is 13.6. The van der Waals surface area contributed by atoms with Crippen LogP contribution in [0.5, 0.6) is 23.3 Å². The Bertz CT molecular complexity index is 4750. The van der Waals surface area contributed by atoms with Crippen molar-refractivity contribution in [2.75, 3.05) is 0 Å². The summed E-state index contributed by atoms with van der Waals surface area (Å²) in [5.74, 6) is -0.0266. The number of halogens is 9. The summed E-state index contributed by atoms with van der Waals surface area (Å²) in [6.07, 6.45) is -8.39. The number of nitrogens with zero attached hydrogens (tertiary/aromatic N) is 6. The van der Waals surface area contributed by atoms with Gasteiger partial charge in [-0.05, 0) is 133 Å². The number of aromatic nitrogens is 9. The topological polar surface area (TPSA) is 194 Å². The van der Waals surface area contributed by atoms with Gasteiger partial charge < -0.3 is 24.4 Å². The first-order valence-electron chi connectivity index (χ1n) is 24.8. The fraction of sp³-hybridized carbons (Fsp3) is 0.0500. The molecule has 416 valence electrons. The van der Waals surface area contributed by atoms with Crippen molar-refractivity contribution in [3.8, 4) is 79.5 Å². The summed E-state index contributed by atoms with van der Waals surface area (Å²) >= 11 is 1.02. The van der Waals surface area contributed by atoms with Crippen molar-refractivity contribution in [3.63, 3.8) is 0 Å². The number of alkyl halides is 9. The highest BCUT2D eigenvalue weighted by Crippen LogP contribution is 2.41. The van der Waals surface area contributed by atoms with Gasteiger partial charge in [-0.2, -0.15) is 44.5 Å². The van der Waals surface area contributed by atoms with Crippen LogP contribution in [-0.4, -0.2) is 44.9 Å². The summed E-state index contributed by atoms with van der Waals surface area (Å²) in [5, 5.41) is 0.913. The Hall–Kier alpha value is -10.5. The molecule has 3 N–H and O–H groups in total. The third-order valence-corrected chi connectivity index (χ3v) is 14.2. The van der Waals surface area contributed by atoms with E-state index in [4.69, 9.17) is 19.4 Å². The molecule has 0 saturated carbocycles. The van der Waals surface area contributed by atoms with Crippen molar-refractivity contribution < 1.29 is 49.0 Å². The predicted molar refractivity (Wildman–Crippen MR) is 293 cm³/mol. The van der Waals surface area contributed by atoms with Crippen LogP contribution in [-0.2, 0) is 18.5 Å². The smallest absolute Gasteiger partial charge is 0.416 e. The number of nitrogens with one attached hydrogen (secondary N) is 3. The summed E-state index contributed by atoms with van der Waals surface area (Å²) in [6, 6.07) is 32.5. The van der Waals surface area contributed by atoms with E-state index in [-0.39, 0.29) is 84.1 Å².